The molecule has 0 aliphatic rings. The molecule has 0 atom stereocenters. The molecule has 0 N–H and O–H groups in total. The summed E-state index contributed by atoms with van der Waals surface area (Å²) in [6.45, 7) is 0. The maximum Gasteiger partial charge on any atom is 0.148 e. The molecule has 0 aliphatic carbocycles. The van der Waals surface area contributed by atoms with Gasteiger partial charge in [-0.15, -0.1) is 0 Å². The van der Waals surface area contributed by atoms with Gasteiger partial charge in [-0.3, -0.25) is 0 Å². The van der Waals surface area contributed by atoms with Gasteiger partial charge in [0, 0.05) is 12.0 Å². The van der Waals surface area contributed by atoms with Crippen LogP contribution in [-0.2, 0) is 4.79 Å². The van der Waals surface area contributed by atoms with Crippen LogP contribution >= 0.6 is 0 Å². The average molecular weight is 189 g/mol. The summed E-state index contributed by atoms with van der Waals surface area (Å²) in [5.74, 6) is -0.544. The Labute approximate surface area is 81.3 Å². The predicted molar refractivity (Wildman–Crippen MR) is 50.8 cm³/mol. The van der Waals surface area contributed by atoms with Crippen LogP contribution in [-0.4, -0.2) is 6.29 Å². The van der Waals surface area contributed by atoms with Crippen molar-refractivity contribution in [3.05, 3.63) is 41.2 Å². The lowest BCUT2D eigenvalue weighted by Crippen LogP contribution is -1.87. The number of benzene rings is 1. The zero-order valence-corrected chi connectivity index (χ0v) is 7.40. The maximum absolute atomic E-state index is 13.3. The molecule has 3 heteroatoms. The first-order chi connectivity index (χ1) is 6.79. The Morgan fingerprint density at radius 3 is 2.93 bits per heavy atom. The zero-order chi connectivity index (χ0) is 10.4. The summed E-state index contributed by atoms with van der Waals surface area (Å²) >= 11 is 0. The fourth-order valence-corrected chi connectivity index (χ4v) is 1.02. The largest absolute Gasteiger partial charge is 0.303 e. The van der Waals surface area contributed by atoms with E-state index in [1.54, 1.807) is 24.3 Å². The van der Waals surface area contributed by atoms with Crippen molar-refractivity contribution in [2.45, 2.75) is 6.42 Å². The normalized spacial score (nSPS) is 10.0. The molecular formula is C11H8FNO. The van der Waals surface area contributed by atoms with Gasteiger partial charge in [0.1, 0.15) is 18.2 Å². The number of carbonyl (C=O) groups is 1. The first-order valence-corrected chi connectivity index (χ1v) is 4.08. The average Bonchev–Trinajstić information content (AvgIpc) is 2.21. The summed E-state index contributed by atoms with van der Waals surface area (Å²) in [6.07, 6.45) is 4.01. The minimum Gasteiger partial charge on any atom is -0.303 e. The highest BCUT2D eigenvalue weighted by Crippen LogP contribution is 2.13. The van der Waals surface area contributed by atoms with E-state index in [1.807, 2.05) is 0 Å². The van der Waals surface area contributed by atoms with E-state index >= 15 is 0 Å². The highest BCUT2D eigenvalue weighted by molar-refractivity contribution is 5.59. The fourth-order valence-electron chi connectivity index (χ4n) is 1.02. The molecule has 0 saturated heterocycles. The van der Waals surface area contributed by atoms with Gasteiger partial charge < -0.3 is 4.79 Å². The molecule has 0 aliphatic heterocycles. The number of nitrogens with zero attached hydrogens (tertiary/aromatic N) is 1. The molecule has 70 valence electrons. The van der Waals surface area contributed by atoms with E-state index in [9.17, 15) is 9.18 Å². The van der Waals surface area contributed by atoms with Gasteiger partial charge in [-0.1, -0.05) is 24.3 Å². The number of allylic oxidation sites excluding steroid dienone is 1. The molecular weight excluding hydrogens is 181 g/mol. The molecule has 14 heavy (non-hydrogen) atoms. The van der Waals surface area contributed by atoms with Crippen LogP contribution in [0.3, 0.4) is 0 Å². The first kappa shape index (κ1) is 10.1. The van der Waals surface area contributed by atoms with E-state index in [4.69, 9.17) is 5.26 Å². The van der Waals surface area contributed by atoms with Gasteiger partial charge in [-0.05, 0) is 6.07 Å². The summed E-state index contributed by atoms with van der Waals surface area (Å²) < 4.78 is 13.3. The van der Waals surface area contributed by atoms with E-state index in [0.29, 0.717) is 5.56 Å². The van der Waals surface area contributed by atoms with E-state index < -0.39 is 5.82 Å². The number of hydrogen-bond donors (Lipinski definition) is 0. The van der Waals surface area contributed by atoms with Crippen molar-refractivity contribution in [2.75, 3.05) is 0 Å². The summed E-state index contributed by atoms with van der Waals surface area (Å²) in [6, 6.07) is 6.31. The molecule has 2 nitrogen and oxygen atoms in total. The Morgan fingerprint density at radius 1 is 1.50 bits per heavy atom. The van der Waals surface area contributed by atoms with Crippen LogP contribution in [0.4, 0.5) is 4.39 Å². The molecule has 0 amide bonds. The van der Waals surface area contributed by atoms with Crippen LogP contribution in [0.5, 0.6) is 0 Å². The molecule has 0 aromatic heterocycles. The van der Waals surface area contributed by atoms with E-state index in [-0.39, 0.29) is 12.0 Å². The minimum atomic E-state index is -0.544. The molecule has 1 aromatic carbocycles. The topological polar surface area (TPSA) is 40.9 Å². The van der Waals surface area contributed by atoms with E-state index in [0.717, 1.165) is 6.29 Å². The molecule has 0 fully saturated rings. The summed E-state index contributed by atoms with van der Waals surface area (Å²) in [4.78, 5) is 10.0. The molecule has 0 heterocycles. The molecule has 0 saturated carbocycles. The SMILES string of the molecule is N#Cc1cccc(C=CCC=O)c1F. The van der Waals surface area contributed by atoms with Crippen molar-refractivity contribution in [3.63, 3.8) is 0 Å². The second-order valence-electron chi connectivity index (χ2n) is 2.63. The van der Waals surface area contributed by atoms with Crippen molar-refractivity contribution in [1.82, 2.24) is 0 Å². The second-order valence-corrected chi connectivity index (χ2v) is 2.63. The molecule has 1 aromatic rings. The van der Waals surface area contributed by atoms with Gasteiger partial charge in [0.05, 0.1) is 5.56 Å². The van der Waals surface area contributed by atoms with Gasteiger partial charge in [0.25, 0.3) is 0 Å². The third-order valence-electron chi connectivity index (χ3n) is 1.68. The van der Waals surface area contributed by atoms with Crippen molar-refractivity contribution >= 4 is 12.4 Å². The van der Waals surface area contributed by atoms with Gasteiger partial charge in [-0.25, -0.2) is 4.39 Å². The molecule has 0 bridgehead atoms. The summed E-state index contributed by atoms with van der Waals surface area (Å²) in [7, 11) is 0. The van der Waals surface area contributed by atoms with Gasteiger partial charge in [-0.2, -0.15) is 5.26 Å². The zero-order valence-electron chi connectivity index (χ0n) is 7.40. The second kappa shape index (κ2) is 4.93. The lowest BCUT2D eigenvalue weighted by Gasteiger charge is -1.97. The van der Waals surface area contributed by atoms with Crippen LogP contribution in [0.2, 0.25) is 0 Å². The minimum absolute atomic E-state index is 0.0123. The number of aldehydes is 1. The molecule has 0 spiro atoms. The molecule has 0 unspecified atom stereocenters. The molecule has 0 radical (unpaired) electrons. The quantitative estimate of drug-likeness (QED) is 0.684. The highest BCUT2D eigenvalue weighted by Gasteiger charge is 2.03. The van der Waals surface area contributed by atoms with Crippen LogP contribution in [0.25, 0.3) is 6.08 Å². The van der Waals surface area contributed by atoms with Crippen molar-refractivity contribution < 1.29 is 9.18 Å². The van der Waals surface area contributed by atoms with Crippen molar-refractivity contribution in [3.8, 4) is 6.07 Å². The van der Waals surface area contributed by atoms with E-state index in [1.165, 1.54) is 12.1 Å². The fraction of sp³-hybridized carbons (Fsp3) is 0.0909. The van der Waals surface area contributed by atoms with Crippen molar-refractivity contribution in [2.24, 2.45) is 0 Å². The van der Waals surface area contributed by atoms with Crippen LogP contribution in [0, 0.1) is 17.1 Å². The molecule has 1 rings (SSSR count). The lowest BCUT2D eigenvalue weighted by molar-refractivity contribution is -0.107. The standard InChI is InChI=1S/C11H8FNO/c12-11-9(4-1-2-7-14)5-3-6-10(11)8-13/h1,3-7H,2H2. The summed E-state index contributed by atoms with van der Waals surface area (Å²) in [5.41, 5.74) is 0.337. The third kappa shape index (κ3) is 2.27. The summed E-state index contributed by atoms with van der Waals surface area (Å²) in [5, 5.41) is 8.54. The van der Waals surface area contributed by atoms with E-state index in [2.05, 4.69) is 0 Å². The third-order valence-corrected chi connectivity index (χ3v) is 1.68. The van der Waals surface area contributed by atoms with Crippen molar-refractivity contribution in [1.29, 1.82) is 5.26 Å². The number of halogens is 1. The number of nitriles is 1. The number of carbonyl (C=O) groups excluding carboxylic acids is 1. The Balaban J connectivity index is 2.99. The monoisotopic (exact) mass is 189 g/mol. The Bertz CT molecular complexity index is 404. The number of rotatable bonds is 3. The lowest BCUT2D eigenvalue weighted by atomic mass is 10.1. The van der Waals surface area contributed by atoms with Crippen LogP contribution < -0.4 is 0 Å². The van der Waals surface area contributed by atoms with Gasteiger partial charge >= 0.3 is 0 Å². The smallest absolute Gasteiger partial charge is 0.148 e. The van der Waals surface area contributed by atoms with Gasteiger partial charge in [0.15, 0.2) is 0 Å². The Morgan fingerprint density at radius 2 is 2.29 bits per heavy atom. The number of hydrogen-bond acceptors (Lipinski definition) is 2. The highest BCUT2D eigenvalue weighted by atomic mass is 19.1. The van der Waals surface area contributed by atoms with Crippen LogP contribution in [0.1, 0.15) is 17.5 Å². The maximum atomic E-state index is 13.3. The van der Waals surface area contributed by atoms with Gasteiger partial charge in [0.2, 0.25) is 0 Å². The first-order valence-electron chi connectivity index (χ1n) is 4.08. The van der Waals surface area contributed by atoms with Crippen LogP contribution in [0.15, 0.2) is 24.3 Å². The Kier molecular flexibility index (Phi) is 3.57. The predicted octanol–water partition coefficient (Wildman–Crippen LogP) is 2.30. The Hall–Kier alpha value is -1.95.